The molecule has 0 aliphatic carbocycles. The predicted octanol–water partition coefficient (Wildman–Crippen LogP) is 2.50. The highest BCUT2D eigenvalue weighted by Crippen LogP contribution is 2.05. The lowest BCUT2D eigenvalue weighted by Crippen LogP contribution is -2.21. The molecule has 20 heavy (non-hydrogen) atoms. The quantitative estimate of drug-likeness (QED) is 0.529. The fourth-order valence-corrected chi connectivity index (χ4v) is 1.90. The summed E-state index contributed by atoms with van der Waals surface area (Å²) in [5, 5.41) is 3.35. The zero-order chi connectivity index (χ0) is 14.8. The Morgan fingerprint density at radius 1 is 1.40 bits per heavy atom. The molecule has 0 saturated carbocycles. The van der Waals surface area contributed by atoms with Gasteiger partial charge in [-0.15, -0.1) is 0 Å². The number of ether oxygens (including phenoxy) is 1. The zero-order valence-corrected chi connectivity index (χ0v) is 12.9. The van der Waals surface area contributed by atoms with Crippen molar-refractivity contribution in [2.45, 2.75) is 65.6 Å². The van der Waals surface area contributed by atoms with Gasteiger partial charge in [0.2, 0.25) is 0 Å². The number of carbonyl (C=O) groups excluding carboxylic acids is 1. The van der Waals surface area contributed by atoms with E-state index in [9.17, 15) is 4.79 Å². The first-order chi connectivity index (χ1) is 9.61. The highest BCUT2D eigenvalue weighted by Gasteiger charge is 2.02. The van der Waals surface area contributed by atoms with Crippen LogP contribution in [0, 0.1) is 0 Å². The maximum Gasteiger partial charge on any atom is 0.305 e. The number of unbranched alkanes of at least 4 members (excludes halogenated alkanes) is 2. The molecular formula is C15H27N3O2. The maximum absolute atomic E-state index is 11.2. The Kier molecular flexibility index (Phi) is 7.95. The summed E-state index contributed by atoms with van der Waals surface area (Å²) in [5.74, 6) is -0.0859. The lowest BCUT2D eigenvalue weighted by atomic mass is 10.2. The van der Waals surface area contributed by atoms with Gasteiger partial charge >= 0.3 is 5.97 Å². The standard InChI is InChI=1S/C15H27N3O2/c1-4-20-15(19)8-6-5-7-9-18-11-14(17-12-18)10-16-13(2)3/h11-13,16H,4-10H2,1-3H3. The number of nitrogens with zero attached hydrogens (tertiary/aromatic N) is 2. The van der Waals surface area contributed by atoms with Gasteiger partial charge in [-0.1, -0.05) is 20.3 Å². The van der Waals surface area contributed by atoms with Crippen LogP contribution in [0.15, 0.2) is 12.5 Å². The molecule has 5 nitrogen and oxygen atoms in total. The molecule has 1 rings (SSSR count). The van der Waals surface area contributed by atoms with E-state index in [1.54, 1.807) is 0 Å². The van der Waals surface area contributed by atoms with Gasteiger partial charge in [0.1, 0.15) is 0 Å². The maximum atomic E-state index is 11.2. The smallest absolute Gasteiger partial charge is 0.305 e. The van der Waals surface area contributed by atoms with Gasteiger partial charge in [-0.25, -0.2) is 4.98 Å². The van der Waals surface area contributed by atoms with Crippen LogP contribution in [0.4, 0.5) is 0 Å². The number of carbonyl (C=O) groups is 1. The van der Waals surface area contributed by atoms with Crippen molar-refractivity contribution in [1.29, 1.82) is 0 Å². The molecule has 0 aliphatic heterocycles. The first kappa shape index (κ1) is 16.7. The summed E-state index contributed by atoms with van der Waals surface area (Å²) in [5.41, 5.74) is 1.07. The van der Waals surface area contributed by atoms with Gasteiger partial charge in [-0.05, 0) is 19.8 Å². The van der Waals surface area contributed by atoms with E-state index in [1.165, 1.54) is 0 Å². The lowest BCUT2D eigenvalue weighted by molar-refractivity contribution is -0.143. The molecule has 0 unspecified atom stereocenters. The normalized spacial score (nSPS) is 11.0. The van der Waals surface area contributed by atoms with Crippen molar-refractivity contribution in [3.05, 3.63) is 18.2 Å². The number of imidazole rings is 1. The number of esters is 1. The number of nitrogens with one attached hydrogen (secondary N) is 1. The third-order valence-corrected chi connectivity index (χ3v) is 2.98. The molecule has 0 radical (unpaired) electrons. The molecule has 0 aromatic carbocycles. The minimum absolute atomic E-state index is 0.0859. The number of rotatable bonds is 10. The summed E-state index contributed by atoms with van der Waals surface area (Å²) in [6.07, 6.45) is 7.49. The molecule has 1 aromatic rings. The second-order valence-electron chi connectivity index (χ2n) is 5.25. The van der Waals surface area contributed by atoms with Crippen molar-refractivity contribution < 1.29 is 9.53 Å². The monoisotopic (exact) mass is 281 g/mol. The Labute approximate surface area is 121 Å². The number of aromatic nitrogens is 2. The van der Waals surface area contributed by atoms with E-state index in [2.05, 4.69) is 34.9 Å². The summed E-state index contributed by atoms with van der Waals surface area (Å²) in [6.45, 7) is 8.33. The first-order valence-electron chi connectivity index (χ1n) is 7.51. The van der Waals surface area contributed by atoms with Crippen LogP contribution < -0.4 is 5.32 Å². The van der Waals surface area contributed by atoms with Crippen molar-refractivity contribution in [3.63, 3.8) is 0 Å². The summed E-state index contributed by atoms with van der Waals surface area (Å²) in [4.78, 5) is 15.5. The minimum atomic E-state index is -0.0859. The molecule has 0 saturated heterocycles. The molecule has 0 atom stereocenters. The van der Waals surface area contributed by atoms with Crippen LogP contribution in [-0.2, 0) is 22.6 Å². The van der Waals surface area contributed by atoms with Gasteiger partial charge in [0.15, 0.2) is 0 Å². The molecule has 5 heteroatoms. The van der Waals surface area contributed by atoms with Gasteiger partial charge in [0.25, 0.3) is 0 Å². The molecule has 1 heterocycles. The lowest BCUT2D eigenvalue weighted by Gasteiger charge is -2.05. The first-order valence-corrected chi connectivity index (χ1v) is 7.51. The topological polar surface area (TPSA) is 56.2 Å². The summed E-state index contributed by atoms with van der Waals surface area (Å²) >= 11 is 0. The van der Waals surface area contributed by atoms with Crippen LogP contribution in [0.5, 0.6) is 0 Å². The summed E-state index contributed by atoms with van der Waals surface area (Å²) in [7, 11) is 0. The largest absolute Gasteiger partial charge is 0.466 e. The Balaban J connectivity index is 2.11. The molecule has 0 fully saturated rings. The van der Waals surface area contributed by atoms with Crippen molar-refractivity contribution in [2.75, 3.05) is 6.61 Å². The minimum Gasteiger partial charge on any atom is -0.466 e. The van der Waals surface area contributed by atoms with E-state index < -0.39 is 0 Å². The highest BCUT2D eigenvalue weighted by molar-refractivity contribution is 5.69. The predicted molar refractivity (Wildman–Crippen MR) is 79.3 cm³/mol. The van der Waals surface area contributed by atoms with Crippen LogP contribution in [0.3, 0.4) is 0 Å². The van der Waals surface area contributed by atoms with Crippen LogP contribution in [-0.4, -0.2) is 28.2 Å². The van der Waals surface area contributed by atoms with Crippen molar-refractivity contribution in [3.8, 4) is 0 Å². The molecule has 0 amide bonds. The Morgan fingerprint density at radius 2 is 2.20 bits per heavy atom. The Morgan fingerprint density at radius 3 is 2.90 bits per heavy atom. The van der Waals surface area contributed by atoms with Gasteiger partial charge in [-0.3, -0.25) is 4.79 Å². The SMILES string of the molecule is CCOC(=O)CCCCCn1cnc(CNC(C)C)c1. The zero-order valence-electron chi connectivity index (χ0n) is 12.9. The second-order valence-corrected chi connectivity index (χ2v) is 5.25. The Hall–Kier alpha value is -1.36. The van der Waals surface area contributed by atoms with Crippen LogP contribution in [0.2, 0.25) is 0 Å². The van der Waals surface area contributed by atoms with Crippen LogP contribution in [0.1, 0.15) is 52.1 Å². The van der Waals surface area contributed by atoms with Crippen LogP contribution >= 0.6 is 0 Å². The molecule has 1 aromatic heterocycles. The van der Waals surface area contributed by atoms with Gasteiger partial charge < -0.3 is 14.6 Å². The average Bonchev–Trinajstić information content (AvgIpc) is 2.84. The van der Waals surface area contributed by atoms with Crippen molar-refractivity contribution >= 4 is 5.97 Å². The fourth-order valence-electron chi connectivity index (χ4n) is 1.90. The Bertz CT molecular complexity index is 388. The molecule has 0 aliphatic rings. The highest BCUT2D eigenvalue weighted by atomic mass is 16.5. The van der Waals surface area contributed by atoms with E-state index in [1.807, 2.05) is 13.3 Å². The van der Waals surface area contributed by atoms with E-state index in [0.717, 1.165) is 38.0 Å². The third-order valence-electron chi connectivity index (χ3n) is 2.98. The average molecular weight is 281 g/mol. The molecule has 1 N–H and O–H groups in total. The number of hydrogen-bond donors (Lipinski definition) is 1. The molecule has 114 valence electrons. The fraction of sp³-hybridized carbons (Fsp3) is 0.733. The van der Waals surface area contributed by atoms with Gasteiger partial charge in [0, 0.05) is 31.7 Å². The van der Waals surface area contributed by atoms with Gasteiger partial charge in [0.05, 0.1) is 18.6 Å². The third kappa shape index (κ3) is 7.28. The number of aryl methyl sites for hydroxylation is 1. The van der Waals surface area contributed by atoms with Crippen molar-refractivity contribution in [1.82, 2.24) is 14.9 Å². The summed E-state index contributed by atoms with van der Waals surface area (Å²) < 4.78 is 7.01. The van der Waals surface area contributed by atoms with E-state index >= 15 is 0 Å². The molecular weight excluding hydrogens is 254 g/mol. The van der Waals surface area contributed by atoms with Gasteiger partial charge in [-0.2, -0.15) is 0 Å². The molecule has 0 bridgehead atoms. The molecule has 0 spiro atoms. The summed E-state index contributed by atoms with van der Waals surface area (Å²) in [6, 6.07) is 0.475. The van der Waals surface area contributed by atoms with Crippen LogP contribution in [0.25, 0.3) is 0 Å². The van der Waals surface area contributed by atoms with E-state index in [-0.39, 0.29) is 5.97 Å². The van der Waals surface area contributed by atoms with E-state index in [4.69, 9.17) is 4.74 Å². The van der Waals surface area contributed by atoms with Crippen molar-refractivity contribution in [2.24, 2.45) is 0 Å². The second kappa shape index (κ2) is 9.53. The van der Waals surface area contributed by atoms with E-state index in [0.29, 0.717) is 19.1 Å². The number of hydrogen-bond acceptors (Lipinski definition) is 4.